The molecule has 3 rings (SSSR count). The van der Waals surface area contributed by atoms with Gasteiger partial charge in [-0.2, -0.15) is 5.10 Å². The molecule has 4 N–H and O–H groups in total. The van der Waals surface area contributed by atoms with Gasteiger partial charge in [0, 0.05) is 29.6 Å². The first-order valence-corrected chi connectivity index (χ1v) is 6.95. The van der Waals surface area contributed by atoms with Gasteiger partial charge in [0.1, 0.15) is 0 Å². The van der Waals surface area contributed by atoms with Crippen LogP contribution in [0, 0.1) is 0 Å². The summed E-state index contributed by atoms with van der Waals surface area (Å²) in [4.78, 5) is 11.0. The largest absolute Gasteiger partial charge is 0.381 e. The van der Waals surface area contributed by atoms with Crippen molar-refractivity contribution in [3.8, 4) is 11.3 Å². The third-order valence-electron chi connectivity index (χ3n) is 3.41. The number of hydrogen-bond acceptors (Lipinski definition) is 3. The van der Waals surface area contributed by atoms with E-state index in [-0.39, 0.29) is 0 Å². The van der Waals surface area contributed by atoms with E-state index in [2.05, 4.69) is 21.6 Å². The third kappa shape index (κ3) is 3.15. The Bertz CT molecular complexity index is 764. The van der Waals surface area contributed by atoms with Crippen molar-refractivity contribution in [1.29, 1.82) is 0 Å². The molecule has 3 aromatic rings. The molecule has 0 bridgehead atoms. The molecule has 5 heteroatoms. The van der Waals surface area contributed by atoms with Crippen LogP contribution in [0.2, 0.25) is 0 Å². The van der Waals surface area contributed by atoms with Gasteiger partial charge < -0.3 is 11.1 Å². The molecule has 0 radical (unpaired) electrons. The number of anilines is 1. The van der Waals surface area contributed by atoms with Crippen LogP contribution in [0.25, 0.3) is 11.3 Å². The van der Waals surface area contributed by atoms with Gasteiger partial charge in [0.25, 0.3) is 0 Å². The van der Waals surface area contributed by atoms with E-state index >= 15 is 0 Å². The number of benzene rings is 2. The van der Waals surface area contributed by atoms with Crippen molar-refractivity contribution in [1.82, 2.24) is 10.2 Å². The average molecular weight is 292 g/mol. The van der Waals surface area contributed by atoms with Crippen molar-refractivity contribution < 1.29 is 4.79 Å². The van der Waals surface area contributed by atoms with Gasteiger partial charge in [0.05, 0.1) is 5.69 Å². The van der Waals surface area contributed by atoms with Crippen molar-refractivity contribution in [3.63, 3.8) is 0 Å². The highest BCUT2D eigenvalue weighted by molar-refractivity contribution is 5.92. The normalized spacial score (nSPS) is 10.4. The zero-order valence-corrected chi connectivity index (χ0v) is 11.9. The van der Waals surface area contributed by atoms with Crippen LogP contribution < -0.4 is 11.1 Å². The second kappa shape index (κ2) is 6.13. The maximum Gasteiger partial charge on any atom is 0.248 e. The first-order valence-electron chi connectivity index (χ1n) is 6.95. The van der Waals surface area contributed by atoms with Crippen LogP contribution in [-0.4, -0.2) is 16.1 Å². The van der Waals surface area contributed by atoms with Crippen molar-refractivity contribution >= 4 is 11.6 Å². The number of H-pyrrole nitrogens is 1. The van der Waals surface area contributed by atoms with Crippen LogP contribution in [0.15, 0.2) is 60.8 Å². The summed E-state index contributed by atoms with van der Waals surface area (Å²) in [5.41, 5.74) is 9.90. The Hall–Kier alpha value is -3.08. The highest BCUT2D eigenvalue weighted by Gasteiger charge is 2.02. The Morgan fingerprint density at radius 2 is 1.95 bits per heavy atom. The van der Waals surface area contributed by atoms with Gasteiger partial charge in [-0.25, -0.2) is 0 Å². The van der Waals surface area contributed by atoms with Gasteiger partial charge in [-0.15, -0.1) is 0 Å². The monoisotopic (exact) mass is 292 g/mol. The van der Waals surface area contributed by atoms with E-state index in [0.717, 1.165) is 22.5 Å². The zero-order chi connectivity index (χ0) is 15.4. The highest BCUT2D eigenvalue weighted by Crippen LogP contribution is 2.20. The molecule has 0 aliphatic heterocycles. The Labute approximate surface area is 128 Å². The van der Waals surface area contributed by atoms with Gasteiger partial charge in [0.15, 0.2) is 0 Å². The summed E-state index contributed by atoms with van der Waals surface area (Å²) in [6, 6.07) is 17.3. The lowest BCUT2D eigenvalue weighted by Crippen LogP contribution is -2.10. The minimum Gasteiger partial charge on any atom is -0.381 e. The molecule has 0 spiro atoms. The number of nitrogens with two attached hydrogens (primary N) is 1. The summed E-state index contributed by atoms with van der Waals surface area (Å²) in [6.07, 6.45) is 1.73. The first-order chi connectivity index (χ1) is 10.7. The van der Waals surface area contributed by atoms with Crippen molar-refractivity contribution in [3.05, 3.63) is 71.9 Å². The molecule has 0 aliphatic carbocycles. The van der Waals surface area contributed by atoms with E-state index in [0.29, 0.717) is 12.1 Å². The molecule has 0 fully saturated rings. The Morgan fingerprint density at radius 1 is 1.14 bits per heavy atom. The van der Waals surface area contributed by atoms with Gasteiger partial charge >= 0.3 is 0 Å². The van der Waals surface area contributed by atoms with Crippen LogP contribution >= 0.6 is 0 Å². The fourth-order valence-electron chi connectivity index (χ4n) is 2.20. The second-order valence-electron chi connectivity index (χ2n) is 4.97. The van der Waals surface area contributed by atoms with Gasteiger partial charge in [-0.1, -0.05) is 24.3 Å². The van der Waals surface area contributed by atoms with Crippen molar-refractivity contribution in [2.75, 3.05) is 5.32 Å². The average Bonchev–Trinajstić information content (AvgIpc) is 3.08. The van der Waals surface area contributed by atoms with E-state index in [1.807, 2.05) is 36.4 Å². The summed E-state index contributed by atoms with van der Waals surface area (Å²) >= 11 is 0. The molecule has 1 heterocycles. The van der Waals surface area contributed by atoms with Crippen LogP contribution in [0.3, 0.4) is 0 Å². The smallest absolute Gasteiger partial charge is 0.248 e. The van der Waals surface area contributed by atoms with E-state index in [9.17, 15) is 4.79 Å². The third-order valence-corrected chi connectivity index (χ3v) is 3.41. The molecule has 2 aromatic carbocycles. The number of aromatic amines is 1. The topological polar surface area (TPSA) is 83.8 Å². The summed E-state index contributed by atoms with van der Waals surface area (Å²) in [5, 5.41) is 10.3. The molecule has 22 heavy (non-hydrogen) atoms. The zero-order valence-electron chi connectivity index (χ0n) is 11.9. The van der Waals surface area contributed by atoms with E-state index in [1.165, 1.54) is 0 Å². The number of amides is 1. The van der Waals surface area contributed by atoms with E-state index in [1.54, 1.807) is 18.3 Å². The predicted octanol–water partition coefficient (Wildman–Crippen LogP) is 2.79. The van der Waals surface area contributed by atoms with E-state index < -0.39 is 5.91 Å². The highest BCUT2D eigenvalue weighted by atomic mass is 16.1. The molecule has 110 valence electrons. The standard InChI is InChI=1S/C17H16N4O/c18-17(22)13-6-4-12(5-7-13)11-19-15-3-1-2-14(10-15)16-8-9-20-21-16/h1-10,19H,11H2,(H2,18,22)(H,20,21). The van der Waals surface area contributed by atoms with Gasteiger partial charge in [0.2, 0.25) is 5.91 Å². The molecule has 0 saturated carbocycles. The Balaban J connectivity index is 1.69. The number of aromatic nitrogens is 2. The quantitative estimate of drug-likeness (QED) is 0.676. The number of primary amides is 1. The Morgan fingerprint density at radius 3 is 2.64 bits per heavy atom. The molecule has 0 unspecified atom stereocenters. The molecule has 5 nitrogen and oxygen atoms in total. The molecule has 1 amide bonds. The maximum absolute atomic E-state index is 11.0. The van der Waals surface area contributed by atoms with Crippen LogP contribution in [0.4, 0.5) is 5.69 Å². The fraction of sp³-hybridized carbons (Fsp3) is 0.0588. The summed E-state index contributed by atoms with van der Waals surface area (Å²) < 4.78 is 0. The van der Waals surface area contributed by atoms with Gasteiger partial charge in [-0.05, 0) is 35.9 Å². The van der Waals surface area contributed by atoms with Gasteiger partial charge in [-0.3, -0.25) is 9.89 Å². The lowest BCUT2D eigenvalue weighted by molar-refractivity contribution is 0.100. The van der Waals surface area contributed by atoms with E-state index in [4.69, 9.17) is 5.73 Å². The summed E-state index contributed by atoms with van der Waals surface area (Å²) in [7, 11) is 0. The summed E-state index contributed by atoms with van der Waals surface area (Å²) in [6.45, 7) is 0.672. The SMILES string of the molecule is NC(=O)c1ccc(CNc2cccc(-c3ccn[nH]3)c2)cc1. The lowest BCUT2D eigenvalue weighted by atomic mass is 10.1. The number of nitrogens with one attached hydrogen (secondary N) is 2. The number of rotatable bonds is 5. The number of nitrogens with zero attached hydrogens (tertiary/aromatic N) is 1. The predicted molar refractivity (Wildman–Crippen MR) is 86.3 cm³/mol. The second-order valence-corrected chi connectivity index (χ2v) is 4.97. The number of carbonyl (C=O) groups is 1. The van der Waals surface area contributed by atoms with Crippen LogP contribution in [-0.2, 0) is 6.54 Å². The first kappa shape index (κ1) is 13.9. The number of hydrogen-bond donors (Lipinski definition) is 3. The molecule has 0 aliphatic rings. The Kier molecular flexibility index (Phi) is 3.87. The molecular formula is C17H16N4O. The molecular weight excluding hydrogens is 276 g/mol. The van der Waals surface area contributed by atoms with Crippen LogP contribution in [0.5, 0.6) is 0 Å². The maximum atomic E-state index is 11.0. The van der Waals surface area contributed by atoms with Crippen LogP contribution in [0.1, 0.15) is 15.9 Å². The van der Waals surface area contributed by atoms with Crippen molar-refractivity contribution in [2.24, 2.45) is 5.73 Å². The molecule has 0 atom stereocenters. The minimum absolute atomic E-state index is 0.410. The number of carbonyl (C=O) groups excluding carboxylic acids is 1. The summed E-state index contributed by atoms with van der Waals surface area (Å²) in [5.74, 6) is -0.410. The molecule has 1 aromatic heterocycles. The lowest BCUT2D eigenvalue weighted by Gasteiger charge is -2.08. The van der Waals surface area contributed by atoms with Crippen molar-refractivity contribution in [2.45, 2.75) is 6.54 Å². The molecule has 0 saturated heterocycles. The fourth-order valence-corrected chi connectivity index (χ4v) is 2.20. The minimum atomic E-state index is -0.410.